The number of pyridine rings is 4. The quantitative estimate of drug-likeness (QED) is 0.0876. The third-order valence-corrected chi connectivity index (χ3v) is 6.68. The molecule has 6 heterocycles. The van der Waals surface area contributed by atoms with Crippen molar-refractivity contribution in [2.75, 3.05) is 16.0 Å². The molecule has 0 amide bonds. The van der Waals surface area contributed by atoms with E-state index in [9.17, 15) is 26.3 Å². The third kappa shape index (κ3) is 11.8. The average Bonchev–Trinajstić information content (AvgIpc) is 3.08. The standard InChI is InChI=1S/C17H17F3N6.C14H9ClF3N5.C3H9N/c1-10(2)24-16-25-12-6-4-7-21-13(12)15(26-16)23-9-11-5-3-8-22-14(11)17(18,19)20;15-13-22-9-4-2-5-19-10(9)12(23-13)21-7-8-3-1-6-20-11(8)14(16,17)18;1-3(2)4/h3-8,10H,9H2,1-2H3,(H2,23,24,25,26);1-6H,7H2,(H,21,22,23);3H,4H2,1-2H3. The predicted octanol–water partition coefficient (Wildman–Crippen LogP) is 7.93. The summed E-state index contributed by atoms with van der Waals surface area (Å²) in [4.78, 5) is 31.9. The zero-order valence-electron chi connectivity index (χ0n) is 28.8. The van der Waals surface area contributed by atoms with Crippen molar-refractivity contribution >= 4 is 51.3 Å². The van der Waals surface area contributed by atoms with E-state index in [0.29, 0.717) is 39.9 Å². The molecule has 0 aliphatic heterocycles. The Kier molecular flexibility index (Phi) is 13.5. The van der Waals surface area contributed by atoms with Gasteiger partial charge in [0.05, 0.1) is 11.0 Å². The van der Waals surface area contributed by atoms with Gasteiger partial charge in [0.25, 0.3) is 0 Å². The lowest BCUT2D eigenvalue weighted by atomic mass is 10.2. The van der Waals surface area contributed by atoms with E-state index in [1.807, 2.05) is 27.7 Å². The number of fused-ring (bicyclic) bond motifs is 2. The number of nitrogens with zero attached hydrogens (tertiary/aromatic N) is 8. The maximum Gasteiger partial charge on any atom is 0.433 e. The van der Waals surface area contributed by atoms with Crippen molar-refractivity contribution in [3.8, 4) is 0 Å². The van der Waals surface area contributed by atoms with Crippen LogP contribution in [-0.4, -0.2) is 52.0 Å². The Morgan fingerprint density at radius 2 is 1.04 bits per heavy atom. The highest BCUT2D eigenvalue weighted by Gasteiger charge is 2.35. The van der Waals surface area contributed by atoms with Gasteiger partial charge in [0.15, 0.2) is 11.6 Å². The van der Waals surface area contributed by atoms with E-state index in [0.717, 1.165) is 12.4 Å². The van der Waals surface area contributed by atoms with Crippen molar-refractivity contribution in [1.82, 2.24) is 39.9 Å². The molecule has 53 heavy (non-hydrogen) atoms. The van der Waals surface area contributed by atoms with Gasteiger partial charge >= 0.3 is 12.4 Å². The van der Waals surface area contributed by atoms with Crippen molar-refractivity contribution in [1.29, 1.82) is 0 Å². The van der Waals surface area contributed by atoms with Crippen LogP contribution >= 0.6 is 11.6 Å². The highest BCUT2D eigenvalue weighted by molar-refractivity contribution is 6.28. The Balaban J connectivity index is 0.000000216. The number of nitrogens with two attached hydrogens (primary N) is 1. The summed E-state index contributed by atoms with van der Waals surface area (Å²) in [5, 5.41) is 8.83. The van der Waals surface area contributed by atoms with E-state index >= 15 is 0 Å². The Morgan fingerprint density at radius 3 is 1.49 bits per heavy atom. The molecule has 0 radical (unpaired) electrons. The maximum absolute atomic E-state index is 13.1. The second-order valence-corrected chi connectivity index (χ2v) is 12.1. The van der Waals surface area contributed by atoms with Gasteiger partial charge in [-0.25, -0.2) is 9.97 Å². The minimum atomic E-state index is -4.53. The molecule has 19 heteroatoms. The summed E-state index contributed by atoms with van der Waals surface area (Å²) in [6.07, 6.45) is -3.70. The van der Waals surface area contributed by atoms with Crippen LogP contribution in [-0.2, 0) is 25.4 Å². The van der Waals surface area contributed by atoms with Crippen LogP contribution in [0.15, 0.2) is 73.3 Å². The first-order valence-corrected chi connectivity index (χ1v) is 16.3. The number of anilines is 3. The summed E-state index contributed by atoms with van der Waals surface area (Å²) < 4.78 is 78.1. The van der Waals surface area contributed by atoms with Gasteiger partial charge in [0, 0.05) is 55.0 Å². The highest BCUT2D eigenvalue weighted by Crippen LogP contribution is 2.32. The summed E-state index contributed by atoms with van der Waals surface area (Å²) in [5.74, 6) is 0.999. The summed E-state index contributed by atoms with van der Waals surface area (Å²) in [5.41, 5.74) is 5.28. The fourth-order valence-electron chi connectivity index (χ4n) is 4.51. The molecule has 12 nitrogen and oxygen atoms in total. The topological polar surface area (TPSA) is 165 Å². The van der Waals surface area contributed by atoms with E-state index in [4.69, 9.17) is 17.3 Å². The lowest BCUT2D eigenvalue weighted by Crippen LogP contribution is -2.16. The number of aromatic nitrogens is 8. The molecule has 0 aliphatic carbocycles. The Hall–Kier alpha value is -5.49. The summed E-state index contributed by atoms with van der Waals surface area (Å²) in [7, 11) is 0. The minimum absolute atomic E-state index is 0.00110. The summed E-state index contributed by atoms with van der Waals surface area (Å²) in [6, 6.07) is 12.9. The lowest BCUT2D eigenvalue weighted by Gasteiger charge is -2.14. The lowest BCUT2D eigenvalue weighted by molar-refractivity contribution is -0.142. The van der Waals surface area contributed by atoms with E-state index in [-0.39, 0.29) is 41.4 Å². The van der Waals surface area contributed by atoms with Crippen LogP contribution in [0.5, 0.6) is 0 Å². The highest BCUT2D eigenvalue weighted by atomic mass is 35.5. The molecule has 0 saturated carbocycles. The van der Waals surface area contributed by atoms with Gasteiger partial charge in [0.1, 0.15) is 22.4 Å². The normalized spacial score (nSPS) is 11.5. The number of nitrogens with one attached hydrogen (secondary N) is 3. The van der Waals surface area contributed by atoms with Crippen LogP contribution in [0.25, 0.3) is 22.1 Å². The number of rotatable bonds is 8. The Bertz CT molecular complexity index is 2110. The monoisotopic (exact) mass is 760 g/mol. The molecule has 6 aromatic rings. The molecule has 0 spiro atoms. The molecule has 5 N–H and O–H groups in total. The Labute approximate surface area is 305 Å². The van der Waals surface area contributed by atoms with Gasteiger partial charge in [-0.3, -0.25) is 19.9 Å². The maximum atomic E-state index is 13.1. The van der Waals surface area contributed by atoms with Gasteiger partial charge < -0.3 is 21.7 Å². The van der Waals surface area contributed by atoms with Gasteiger partial charge in [-0.05, 0) is 67.9 Å². The van der Waals surface area contributed by atoms with Gasteiger partial charge in [-0.2, -0.15) is 36.3 Å². The molecular formula is C34H35ClF6N12. The van der Waals surface area contributed by atoms with Crippen LogP contribution in [0, 0.1) is 0 Å². The molecule has 0 unspecified atom stereocenters. The molecule has 0 bridgehead atoms. The fourth-order valence-corrected chi connectivity index (χ4v) is 4.68. The van der Waals surface area contributed by atoms with Crippen LogP contribution in [0.4, 0.5) is 43.9 Å². The number of alkyl halides is 6. The molecule has 6 rings (SSSR count). The first kappa shape index (κ1) is 40.3. The van der Waals surface area contributed by atoms with Gasteiger partial charge in [0.2, 0.25) is 11.2 Å². The third-order valence-electron chi connectivity index (χ3n) is 6.51. The number of hydrogen-bond acceptors (Lipinski definition) is 12. The van der Waals surface area contributed by atoms with E-state index in [1.54, 1.807) is 30.5 Å². The second-order valence-electron chi connectivity index (χ2n) is 11.7. The van der Waals surface area contributed by atoms with Gasteiger partial charge in [-0.1, -0.05) is 26.0 Å². The Morgan fingerprint density at radius 1 is 0.623 bits per heavy atom. The van der Waals surface area contributed by atoms with Crippen molar-refractivity contribution < 1.29 is 26.3 Å². The first-order valence-electron chi connectivity index (χ1n) is 16.0. The van der Waals surface area contributed by atoms with Crippen molar-refractivity contribution in [2.45, 2.75) is 65.2 Å². The van der Waals surface area contributed by atoms with Crippen LogP contribution < -0.4 is 21.7 Å². The number of hydrogen-bond donors (Lipinski definition) is 4. The minimum Gasteiger partial charge on any atom is -0.364 e. The molecule has 280 valence electrons. The molecular weight excluding hydrogens is 726 g/mol. The molecule has 0 fully saturated rings. The SMILES string of the molecule is CC(C)N.CC(C)Nc1nc(NCc2cccnc2C(F)(F)F)c2ncccc2n1.FC(F)(F)c1ncccc1CNc1nc(Cl)nc2cccnc12. The first-order chi connectivity index (χ1) is 25.0. The summed E-state index contributed by atoms with van der Waals surface area (Å²) >= 11 is 5.83. The molecule has 0 atom stereocenters. The van der Waals surface area contributed by atoms with Crippen LogP contribution in [0.2, 0.25) is 5.28 Å². The zero-order valence-corrected chi connectivity index (χ0v) is 29.6. The smallest absolute Gasteiger partial charge is 0.364 e. The summed E-state index contributed by atoms with van der Waals surface area (Å²) in [6.45, 7) is 7.55. The molecule has 0 saturated heterocycles. The van der Waals surface area contributed by atoms with Crippen LogP contribution in [0.1, 0.15) is 50.2 Å². The van der Waals surface area contributed by atoms with E-state index < -0.39 is 23.7 Å². The fraction of sp³-hybridized carbons (Fsp3) is 0.294. The van der Waals surface area contributed by atoms with Crippen molar-refractivity contribution in [3.63, 3.8) is 0 Å². The van der Waals surface area contributed by atoms with Gasteiger partial charge in [-0.15, -0.1) is 0 Å². The number of halogens is 7. The van der Waals surface area contributed by atoms with E-state index in [2.05, 4.69) is 55.8 Å². The molecule has 0 aliphatic rings. The van der Waals surface area contributed by atoms with E-state index in [1.165, 1.54) is 30.5 Å². The molecule has 0 aromatic carbocycles. The van der Waals surface area contributed by atoms with Crippen LogP contribution in [0.3, 0.4) is 0 Å². The second kappa shape index (κ2) is 17.8. The van der Waals surface area contributed by atoms with Crippen molar-refractivity contribution in [2.24, 2.45) is 5.73 Å². The zero-order chi connectivity index (χ0) is 38.8. The predicted molar refractivity (Wildman–Crippen MR) is 191 cm³/mol. The average molecular weight is 761 g/mol. The largest absolute Gasteiger partial charge is 0.433 e. The van der Waals surface area contributed by atoms with Crippen molar-refractivity contribution in [3.05, 3.63) is 101 Å². The molecule has 6 aromatic heterocycles.